The maximum absolute atomic E-state index is 12.7. The average molecular weight is 334 g/mol. The monoisotopic (exact) mass is 334 g/mol. The van der Waals surface area contributed by atoms with Crippen LogP contribution in [0, 0.1) is 6.92 Å². The molecule has 0 spiro atoms. The summed E-state index contributed by atoms with van der Waals surface area (Å²) >= 11 is 0. The van der Waals surface area contributed by atoms with Crippen LogP contribution < -0.4 is 5.32 Å². The Kier molecular flexibility index (Phi) is 5.10. The van der Waals surface area contributed by atoms with Crippen LogP contribution in [0.3, 0.4) is 0 Å². The molecule has 128 valence electrons. The van der Waals surface area contributed by atoms with Crippen molar-refractivity contribution in [1.29, 1.82) is 0 Å². The van der Waals surface area contributed by atoms with E-state index in [0.717, 1.165) is 16.6 Å². The van der Waals surface area contributed by atoms with Gasteiger partial charge in [0.1, 0.15) is 0 Å². The van der Waals surface area contributed by atoms with Crippen LogP contribution in [0.5, 0.6) is 0 Å². The Balaban J connectivity index is 1.73. The number of aliphatic hydroxyl groups excluding tert-OH is 1. The van der Waals surface area contributed by atoms with E-state index in [9.17, 15) is 9.90 Å². The van der Waals surface area contributed by atoms with Crippen molar-refractivity contribution in [2.75, 3.05) is 0 Å². The van der Waals surface area contributed by atoms with Gasteiger partial charge in [-0.15, -0.1) is 0 Å². The molecule has 4 heteroatoms. The minimum atomic E-state index is -0.607. The van der Waals surface area contributed by atoms with Crippen LogP contribution in [0.15, 0.2) is 60.7 Å². The predicted molar refractivity (Wildman–Crippen MR) is 99.4 cm³/mol. The molecule has 1 amide bonds. The van der Waals surface area contributed by atoms with Crippen LogP contribution in [0.2, 0.25) is 0 Å². The van der Waals surface area contributed by atoms with Crippen molar-refractivity contribution >= 4 is 16.8 Å². The molecule has 25 heavy (non-hydrogen) atoms. The average Bonchev–Trinajstić information content (AvgIpc) is 2.61. The van der Waals surface area contributed by atoms with E-state index in [1.54, 1.807) is 6.07 Å². The minimum Gasteiger partial charge on any atom is -0.388 e. The number of nitrogens with zero attached hydrogens (tertiary/aromatic N) is 1. The summed E-state index contributed by atoms with van der Waals surface area (Å²) < 4.78 is 0. The quantitative estimate of drug-likeness (QED) is 0.746. The number of carbonyl (C=O) groups is 1. The number of aliphatic hydroxyl groups is 1. The zero-order valence-electron chi connectivity index (χ0n) is 14.4. The molecule has 2 aromatic carbocycles. The van der Waals surface area contributed by atoms with Crippen LogP contribution in [-0.4, -0.2) is 22.0 Å². The standard InChI is InChI=1S/C21H22N2O2/c1-14-11-12-17-9-6-10-18(20(17)22-14)21(25)23-15(2)13-19(24)16-7-4-3-5-8-16/h3-12,15,19,24H,13H2,1-2H3,(H,23,25). The highest BCUT2D eigenvalue weighted by molar-refractivity contribution is 6.05. The van der Waals surface area contributed by atoms with Crippen LogP contribution in [0.1, 0.15) is 41.1 Å². The van der Waals surface area contributed by atoms with E-state index in [2.05, 4.69) is 10.3 Å². The number of pyridine rings is 1. The number of amides is 1. The predicted octanol–water partition coefficient (Wildman–Crippen LogP) is 3.79. The second-order valence-electron chi connectivity index (χ2n) is 6.37. The summed E-state index contributed by atoms with van der Waals surface area (Å²) in [4.78, 5) is 17.2. The minimum absolute atomic E-state index is 0.164. The highest BCUT2D eigenvalue weighted by Gasteiger charge is 2.17. The summed E-state index contributed by atoms with van der Waals surface area (Å²) in [6, 6.07) is 18.8. The first-order valence-corrected chi connectivity index (χ1v) is 8.45. The van der Waals surface area contributed by atoms with Gasteiger partial charge in [0.2, 0.25) is 0 Å². The van der Waals surface area contributed by atoms with Crippen molar-refractivity contribution in [1.82, 2.24) is 10.3 Å². The Morgan fingerprint density at radius 3 is 2.60 bits per heavy atom. The lowest BCUT2D eigenvalue weighted by molar-refractivity contribution is 0.0918. The van der Waals surface area contributed by atoms with Gasteiger partial charge < -0.3 is 10.4 Å². The molecule has 3 aromatic rings. The Hall–Kier alpha value is -2.72. The molecular formula is C21H22N2O2. The zero-order chi connectivity index (χ0) is 17.8. The molecule has 0 aliphatic rings. The van der Waals surface area contributed by atoms with Gasteiger partial charge in [-0.2, -0.15) is 0 Å². The molecule has 1 heterocycles. The number of fused-ring (bicyclic) bond motifs is 1. The van der Waals surface area contributed by atoms with Gasteiger partial charge in [-0.3, -0.25) is 9.78 Å². The molecule has 2 unspecified atom stereocenters. The van der Waals surface area contributed by atoms with Gasteiger partial charge in [0.15, 0.2) is 0 Å². The van der Waals surface area contributed by atoms with E-state index >= 15 is 0 Å². The number of rotatable bonds is 5. The molecule has 0 bridgehead atoms. The first-order chi connectivity index (χ1) is 12.0. The molecule has 2 N–H and O–H groups in total. The Labute approximate surface area is 147 Å². The molecule has 0 aliphatic carbocycles. The third-order valence-corrected chi connectivity index (χ3v) is 4.24. The molecule has 2 atom stereocenters. The molecular weight excluding hydrogens is 312 g/mol. The van der Waals surface area contributed by atoms with Gasteiger partial charge in [-0.25, -0.2) is 0 Å². The summed E-state index contributed by atoms with van der Waals surface area (Å²) in [7, 11) is 0. The second-order valence-corrected chi connectivity index (χ2v) is 6.37. The van der Waals surface area contributed by atoms with Crippen molar-refractivity contribution in [3.05, 3.63) is 77.5 Å². The number of hydrogen-bond acceptors (Lipinski definition) is 3. The van der Waals surface area contributed by atoms with Crippen LogP contribution in [0.25, 0.3) is 10.9 Å². The first-order valence-electron chi connectivity index (χ1n) is 8.45. The van der Waals surface area contributed by atoms with E-state index in [1.807, 2.05) is 68.4 Å². The maximum Gasteiger partial charge on any atom is 0.253 e. The summed E-state index contributed by atoms with van der Waals surface area (Å²) in [6.45, 7) is 3.81. The summed E-state index contributed by atoms with van der Waals surface area (Å²) in [5.41, 5.74) is 2.99. The lowest BCUT2D eigenvalue weighted by Crippen LogP contribution is -2.34. The Morgan fingerprint density at radius 2 is 1.84 bits per heavy atom. The third kappa shape index (κ3) is 4.03. The van der Waals surface area contributed by atoms with E-state index < -0.39 is 6.10 Å². The molecule has 0 radical (unpaired) electrons. The lowest BCUT2D eigenvalue weighted by Gasteiger charge is -2.18. The van der Waals surface area contributed by atoms with E-state index in [-0.39, 0.29) is 11.9 Å². The van der Waals surface area contributed by atoms with Crippen molar-refractivity contribution < 1.29 is 9.90 Å². The highest BCUT2D eigenvalue weighted by Crippen LogP contribution is 2.20. The maximum atomic E-state index is 12.7. The summed E-state index contributed by atoms with van der Waals surface area (Å²) in [6.07, 6.45) is -0.156. The van der Waals surface area contributed by atoms with E-state index in [4.69, 9.17) is 0 Å². The normalized spacial score (nSPS) is 13.4. The molecule has 3 rings (SSSR count). The van der Waals surface area contributed by atoms with Gasteiger partial charge in [-0.1, -0.05) is 48.5 Å². The number of para-hydroxylation sites is 1. The zero-order valence-corrected chi connectivity index (χ0v) is 14.4. The number of hydrogen-bond donors (Lipinski definition) is 2. The van der Waals surface area contributed by atoms with Crippen molar-refractivity contribution in [2.24, 2.45) is 0 Å². The van der Waals surface area contributed by atoms with Crippen molar-refractivity contribution in [3.63, 3.8) is 0 Å². The number of aryl methyl sites for hydroxylation is 1. The second kappa shape index (κ2) is 7.45. The summed E-state index contributed by atoms with van der Waals surface area (Å²) in [5.74, 6) is -0.170. The number of carbonyl (C=O) groups excluding carboxylic acids is 1. The van der Waals surface area contributed by atoms with Gasteiger partial charge in [-0.05, 0) is 38.0 Å². The molecule has 0 aliphatic heterocycles. The number of nitrogens with one attached hydrogen (secondary N) is 1. The number of benzene rings is 2. The molecule has 0 saturated heterocycles. The van der Waals surface area contributed by atoms with Crippen LogP contribution in [-0.2, 0) is 0 Å². The van der Waals surface area contributed by atoms with Gasteiger partial charge in [0.05, 0.1) is 17.2 Å². The molecule has 4 nitrogen and oxygen atoms in total. The third-order valence-electron chi connectivity index (χ3n) is 4.24. The van der Waals surface area contributed by atoms with Crippen molar-refractivity contribution in [3.8, 4) is 0 Å². The smallest absolute Gasteiger partial charge is 0.253 e. The highest BCUT2D eigenvalue weighted by atomic mass is 16.3. The fraction of sp³-hybridized carbons (Fsp3) is 0.238. The molecule has 1 aromatic heterocycles. The van der Waals surface area contributed by atoms with Crippen molar-refractivity contribution in [2.45, 2.75) is 32.4 Å². The van der Waals surface area contributed by atoms with E-state index in [1.165, 1.54) is 0 Å². The lowest BCUT2D eigenvalue weighted by atomic mass is 10.0. The van der Waals surface area contributed by atoms with Gasteiger partial charge >= 0.3 is 0 Å². The Morgan fingerprint density at radius 1 is 1.08 bits per heavy atom. The fourth-order valence-corrected chi connectivity index (χ4v) is 2.93. The SMILES string of the molecule is Cc1ccc2cccc(C(=O)NC(C)CC(O)c3ccccc3)c2n1. The topological polar surface area (TPSA) is 62.2 Å². The van der Waals surface area contributed by atoms with Crippen LogP contribution in [0.4, 0.5) is 0 Å². The molecule has 0 fully saturated rings. The van der Waals surface area contributed by atoms with Crippen LogP contribution >= 0.6 is 0 Å². The molecule has 0 saturated carbocycles. The fourth-order valence-electron chi connectivity index (χ4n) is 2.93. The summed E-state index contributed by atoms with van der Waals surface area (Å²) in [5, 5.41) is 14.2. The number of aromatic nitrogens is 1. The largest absolute Gasteiger partial charge is 0.388 e. The Bertz CT molecular complexity index is 877. The van der Waals surface area contributed by atoms with Gasteiger partial charge in [0, 0.05) is 17.1 Å². The van der Waals surface area contributed by atoms with Gasteiger partial charge in [0.25, 0.3) is 5.91 Å². The first kappa shape index (κ1) is 17.1. The van der Waals surface area contributed by atoms with E-state index in [0.29, 0.717) is 17.5 Å².